The first-order chi connectivity index (χ1) is 10.6. The monoisotopic (exact) mass is 308 g/mol. The van der Waals surface area contributed by atoms with Gasteiger partial charge in [0.25, 0.3) is 0 Å². The molecule has 2 bridgehead atoms. The molecule has 0 aromatic carbocycles. The first-order valence-corrected chi connectivity index (χ1v) is 8.63. The van der Waals surface area contributed by atoms with Crippen LogP contribution in [-0.2, 0) is 19.1 Å². The Morgan fingerprint density at radius 1 is 1.09 bits per heavy atom. The Hall–Kier alpha value is -1.32. The van der Waals surface area contributed by atoms with Crippen LogP contribution in [0.2, 0.25) is 0 Å². The number of esters is 2. The quantitative estimate of drug-likeness (QED) is 0.371. The van der Waals surface area contributed by atoms with Gasteiger partial charge in [-0.2, -0.15) is 0 Å². The van der Waals surface area contributed by atoms with E-state index in [9.17, 15) is 9.59 Å². The van der Waals surface area contributed by atoms with Crippen LogP contribution in [0.4, 0.5) is 0 Å². The highest BCUT2D eigenvalue weighted by Gasteiger charge is 2.45. The van der Waals surface area contributed by atoms with Gasteiger partial charge in [0.05, 0.1) is 6.61 Å². The predicted molar refractivity (Wildman–Crippen MR) is 84.1 cm³/mol. The van der Waals surface area contributed by atoms with E-state index in [0.717, 1.165) is 38.5 Å². The van der Waals surface area contributed by atoms with Gasteiger partial charge in [0.15, 0.2) is 0 Å². The highest BCUT2D eigenvalue weighted by Crippen LogP contribution is 2.47. The molecule has 22 heavy (non-hydrogen) atoms. The van der Waals surface area contributed by atoms with Crippen molar-refractivity contribution < 1.29 is 19.1 Å². The largest absolute Gasteiger partial charge is 0.466 e. The Morgan fingerprint density at radius 3 is 2.55 bits per heavy atom. The zero-order chi connectivity index (χ0) is 15.9. The first-order valence-electron chi connectivity index (χ1n) is 8.63. The van der Waals surface area contributed by atoms with Gasteiger partial charge in [0.2, 0.25) is 0 Å². The average Bonchev–Trinajstić information content (AvgIpc) is 3.08. The number of unbranched alkanes of at least 4 members (excludes halogenated alkanes) is 3. The van der Waals surface area contributed by atoms with Crippen LogP contribution in [0.3, 0.4) is 0 Å². The average molecular weight is 308 g/mol. The molecule has 0 aromatic rings. The minimum atomic E-state index is -0.200. The SMILES string of the molecule is CCC(=O)OC1C2C=CC(C2)C1CCCCCCOC(C)=O. The van der Waals surface area contributed by atoms with Gasteiger partial charge in [-0.3, -0.25) is 9.59 Å². The molecule has 4 heteroatoms. The summed E-state index contributed by atoms with van der Waals surface area (Å²) in [5.74, 6) is 1.26. The molecule has 0 N–H and O–H groups in total. The molecule has 4 atom stereocenters. The molecule has 0 amide bonds. The third kappa shape index (κ3) is 4.59. The van der Waals surface area contributed by atoms with Crippen LogP contribution in [0, 0.1) is 17.8 Å². The normalized spacial score (nSPS) is 28.8. The Balaban J connectivity index is 1.66. The predicted octanol–water partition coefficient (Wildman–Crippen LogP) is 3.64. The van der Waals surface area contributed by atoms with Gasteiger partial charge in [-0.1, -0.05) is 38.3 Å². The second-order valence-electron chi connectivity index (χ2n) is 6.46. The lowest BCUT2D eigenvalue weighted by Gasteiger charge is -2.27. The van der Waals surface area contributed by atoms with Crippen LogP contribution < -0.4 is 0 Å². The van der Waals surface area contributed by atoms with E-state index in [1.807, 2.05) is 6.92 Å². The fourth-order valence-electron chi connectivity index (χ4n) is 3.72. The summed E-state index contributed by atoms with van der Waals surface area (Å²) < 4.78 is 10.6. The van der Waals surface area contributed by atoms with Crippen LogP contribution in [0.5, 0.6) is 0 Å². The zero-order valence-corrected chi connectivity index (χ0v) is 13.8. The molecular formula is C18H28O4. The van der Waals surface area contributed by atoms with E-state index in [4.69, 9.17) is 9.47 Å². The van der Waals surface area contributed by atoms with Crippen LogP contribution in [0.1, 0.15) is 58.8 Å². The lowest BCUT2D eigenvalue weighted by molar-refractivity contribution is -0.152. The van der Waals surface area contributed by atoms with E-state index < -0.39 is 0 Å². The summed E-state index contributed by atoms with van der Waals surface area (Å²) >= 11 is 0. The lowest BCUT2D eigenvalue weighted by Crippen LogP contribution is -2.30. The molecule has 0 heterocycles. The van der Waals surface area contributed by atoms with E-state index in [-0.39, 0.29) is 18.0 Å². The van der Waals surface area contributed by atoms with Crippen molar-refractivity contribution in [1.82, 2.24) is 0 Å². The maximum absolute atomic E-state index is 11.6. The Morgan fingerprint density at radius 2 is 1.82 bits per heavy atom. The van der Waals surface area contributed by atoms with Crippen molar-refractivity contribution in [3.05, 3.63) is 12.2 Å². The molecule has 0 radical (unpaired) electrons. The summed E-state index contributed by atoms with van der Waals surface area (Å²) in [5, 5.41) is 0. The van der Waals surface area contributed by atoms with E-state index in [1.165, 1.54) is 6.92 Å². The molecule has 4 nitrogen and oxygen atoms in total. The first kappa shape index (κ1) is 17.0. The molecule has 4 unspecified atom stereocenters. The molecule has 2 aliphatic rings. The van der Waals surface area contributed by atoms with Crippen molar-refractivity contribution in [3.8, 4) is 0 Å². The molecule has 2 rings (SSSR count). The molecule has 2 aliphatic carbocycles. The smallest absolute Gasteiger partial charge is 0.305 e. The number of fused-ring (bicyclic) bond motifs is 2. The van der Waals surface area contributed by atoms with Crippen molar-refractivity contribution in [3.63, 3.8) is 0 Å². The van der Waals surface area contributed by atoms with E-state index >= 15 is 0 Å². The van der Waals surface area contributed by atoms with E-state index in [2.05, 4.69) is 12.2 Å². The third-order valence-electron chi connectivity index (χ3n) is 4.84. The number of allylic oxidation sites excluding steroid dienone is 1. The van der Waals surface area contributed by atoms with Crippen molar-refractivity contribution in [2.75, 3.05) is 6.61 Å². The number of hydrogen-bond donors (Lipinski definition) is 0. The van der Waals surface area contributed by atoms with Gasteiger partial charge in [0.1, 0.15) is 6.10 Å². The van der Waals surface area contributed by atoms with Gasteiger partial charge in [0, 0.05) is 25.2 Å². The fourth-order valence-corrected chi connectivity index (χ4v) is 3.72. The maximum Gasteiger partial charge on any atom is 0.305 e. The highest BCUT2D eigenvalue weighted by atomic mass is 16.5. The lowest BCUT2D eigenvalue weighted by atomic mass is 9.86. The van der Waals surface area contributed by atoms with Crippen molar-refractivity contribution in [2.24, 2.45) is 17.8 Å². The van der Waals surface area contributed by atoms with Gasteiger partial charge in [-0.05, 0) is 25.2 Å². The van der Waals surface area contributed by atoms with Gasteiger partial charge in [-0.15, -0.1) is 0 Å². The van der Waals surface area contributed by atoms with E-state index in [0.29, 0.717) is 30.8 Å². The molecule has 0 saturated heterocycles. The number of ether oxygens (including phenoxy) is 2. The maximum atomic E-state index is 11.6. The summed E-state index contributed by atoms with van der Waals surface area (Å²) in [4.78, 5) is 22.3. The minimum absolute atomic E-state index is 0.0719. The number of hydrogen-bond acceptors (Lipinski definition) is 4. The standard InChI is InChI=1S/C18H28O4/c1-3-17(20)22-18-15-10-9-14(12-15)16(18)8-6-4-5-7-11-21-13(2)19/h9-10,14-16,18H,3-8,11-12H2,1-2H3. The second kappa shape index (κ2) is 8.35. The molecule has 0 aromatic heterocycles. The zero-order valence-electron chi connectivity index (χ0n) is 13.8. The Kier molecular flexibility index (Phi) is 6.47. The Bertz CT molecular complexity index is 415. The fraction of sp³-hybridized carbons (Fsp3) is 0.778. The summed E-state index contributed by atoms with van der Waals surface area (Å²) in [6.07, 6.45) is 11.7. The van der Waals surface area contributed by atoms with Crippen LogP contribution >= 0.6 is 0 Å². The Labute approximate surface area is 133 Å². The van der Waals surface area contributed by atoms with Crippen molar-refractivity contribution in [1.29, 1.82) is 0 Å². The third-order valence-corrected chi connectivity index (χ3v) is 4.84. The van der Waals surface area contributed by atoms with Gasteiger partial charge >= 0.3 is 11.9 Å². The van der Waals surface area contributed by atoms with Crippen molar-refractivity contribution in [2.45, 2.75) is 64.9 Å². The second-order valence-corrected chi connectivity index (χ2v) is 6.46. The molecule has 124 valence electrons. The van der Waals surface area contributed by atoms with Crippen molar-refractivity contribution >= 4 is 11.9 Å². The minimum Gasteiger partial charge on any atom is -0.466 e. The van der Waals surface area contributed by atoms with Gasteiger partial charge < -0.3 is 9.47 Å². The molecule has 1 fully saturated rings. The number of carbonyl (C=O) groups is 2. The van der Waals surface area contributed by atoms with Gasteiger partial charge in [-0.25, -0.2) is 0 Å². The molecule has 1 saturated carbocycles. The molecule has 0 aliphatic heterocycles. The van der Waals surface area contributed by atoms with Crippen LogP contribution in [0.15, 0.2) is 12.2 Å². The number of rotatable bonds is 9. The summed E-state index contributed by atoms with van der Waals surface area (Å²) in [5.41, 5.74) is 0. The molecule has 0 spiro atoms. The summed E-state index contributed by atoms with van der Waals surface area (Å²) in [6.45, 7) is 3.83. The van der Waals surface area contributed by atoms with Crippen LogP contribution in [-0.4, -0.2) is 24.6 Å². The summed E-state index contributed by atoms with van der Waals surface area (Å²) in [7, 11) is 0. The number of carbonyl (C=O) groups excluding carboxylic acids is 2. The molecular weight excluding hydrogens is 280 g/mol. The highest BCUT2D eigenvalue weighted by molar-refractivity contribution is 5.69. The topological polar surface area (TPSA) is 52.6 Å². The van der Waals surface area contributed by atoms with E-state index in [1.54, 1.807) is 0 Å². The summed E-state index contributed by atoms with van der Waals surface area (Å²) in [6, 6.07) is 0. The van der Waals surface area contributed by atoms with Crippen LogP contribution in [0.25, 0.3) is 0 Å².